The molecule has 9 nitrogen and oxygen atoms in total. The van der Waals surface area contributed by atoms with Gasteiger partial charge in [0.05, 0.1) is 18.8 Å². The zero-order chi connectivity index (χ0) is 18.6. The predicted molar refractivity (Wildman–Crippen MR) is 111 cm³/mol. The molecule has 27 heavy (non-hydrogen) atoms. The van der Waals surface area contributed by atoms with Crippen LogP contribution in [-0.4, -0.2) is 25.4 Å². The third-order valence-corrected chi connectivity index (χ3v) is 5.79. The number of rotatable bonds is 7. The summed E-state index contributed by atoms with van der Waals surface area (Å²) < 4.78 is 0. The van der Waals surface area contributed by atoms with E-state index in [9.17, 15) is 0 Å². The summed E-state index contributed by atoms with van der Waals surface area (Å²) in [4.78, 5) is 4.61. The Bertz CT molecular complexity index is 1020. The van der Waals surface area contributed by atoms with E-state index in [4.69, 9.17) is 11.5 Å². The first-order valence-electron chi connectivity index (χ1n) is 7.85. The second-order valence-electron chi connectivity index (χ2n) is 5.39. The van der Waals surface area contributed by atoms with Gasteiger partial charge < -0.3 is 22.1 Å². The Morgan fingerprint density at radius 3 is 2.04 bits per heavy atom. The van der Waals surface area contributed by atoms with Crippen LogP contribution in [0.4, 0.5) is 21.1 Å². The van der Waals surface area contributed by atoms with Gasteiger partial charge in [-0.3, -0.25) is 0 Å². The highest BCUT2D eigenvalue weighted by Crippen LogP contribution is 2.27. The van der Waals surface area contributed by atoms with Crippen molar-refractivity contribution in [1.82, 2.24) is 25.4 Å². The minimum Gasteiger partial charge on any atom is -0.378 e. The van der Waals surface area contributed by atoms with E-state index in [1.807, 2.05) is 29.6 Å². The second kappa shape index (κ2) is 7.82. The first kappa shape index (κ1) is 17.6. The molecule has 0 aliphatic heterocycles. The first-order valence-corrected chi connectivity index (χ1v) is 10.4. The van der Waals surface area contributed by atoms with Crippen LogP contribution in [0.25, 0.3) is 11.3 Å². The molecule has 6 N–H and O–H groups in total. The Balaban J connectivity index is 1.35. The molecule has 4 aromatic rings. The van der Waals surface area contributed by atoms with E-state index in [2.05, 4.69) is 36.0 Å². The smallest absolute Gasteiger partial charge is 0.203 e. The highest BCUT2D eigenvalue weighted by Gasteiger charge is 2.07. The number of benzene rings is 1. The van der Waals surface area contributed by atoms with Gasteiger partial charge in [-0.05, 0) is 12.1 Å². The maximum absolute atomic E-state index is 5.58. The summed E-state index contributed by atoms with van der Waals surface area (Å²) in [7, 11) is 0. The molecule has 0 saturated carbocycles. The normalized spacial score (nSPS) is 10.8. The van der Waals surface area contributed by atoms with Crippen LogP contribution in [0.5, 0.6) is 0 Å². The summed E-state index contributed by atoms with van der Waals surface area (Å²) in [6.07, 6.45) is 0. The fourth-order valence-electron chi connectivity index (χ4n) is 2.25. The van der Waals surface area contributed by atoms with Crippen molar-refractivity contribution in [3.05, 3.63) is 39.7 Å². The third kappa shape index (κ3) is 4.48. The van der Waals surface area contributed by atoms with Crippen molar-refractivity contribution >= 4 is 55.1 Å². The summed E-state index contributed by atoms with van der Waals surface area (Å²) >= 11 is 4.29. The van der Waals surface area contributed by atoms with Gasteiger partial charge in [0, 0.05) is 16.6 Å². The van der Waals surface area contributed by atoms with Gasteiger partial charge in [-0.1, -0.05) is 34.8 Å². The fraction of sp³-hybridized carbons (Fsp3) is 0.133. The lowest BCUT2D eigenvalue weighted by molar-refractivity contribution is 0.992. The zero-order valence-electron chi connectivity index (χ0n) is 13.9. The van der Waals surface area contributed by atoms with Gasteiger partial charge in [-0.15, -0.1) is 31.7 Å². The van der Waals surface area contributed by atoms with Crippen LogP contribution in [0.1, 0.15) is 10.0 Å². The lowest BCUT2D eigenvalue weighted by Crippen LogP contribution is -1.99. The minimum absolute atomic E-state index is 0.468. The summed E-state index contributed by atoms with van der Waals surface area (Å²) in [6.45, 7) is 1.15. The van der Waals surface area contributed by atoms with E-state index in [0.717, 1.165) is 32.1 Å². The molecule has 0 amide bonds. The van der Waals surface area contributed by atoms with E-state index < -0.39 is 0 Å². The van der Waals surface area contributed by atoms with E-state index in [0.29, 0.717) is 23.4 Å². The number of thiazole rings is 1. The lowest BCUT2D eigenvalue weighted by Gasteiger charge is -2.04. The third-order valence-electron chi connectivity index (χ3n) is 3.48. The van der Waals surface area contributed by atoms with Gasteiger partial charge >= 0.3 is 0 Å². The van der Waals surface area contributed by atoms with Crippen molar-refractivity contribution in [2.24, 2.45) is 0 Å². The average Bonchev–Trinajstić information content (AvgIpc) is 3.40. The van der Waals surface area contributed by atoms with Gasteiger partial charge in [0.15, 0.2) is 5.13 Å². The molecule has 3 aromatic heterocycles. The van der Waals surface area contributed by atoms with Crippen molar-refractivity contribution in [2.75, 3.05) is 22.1 Å². The van der Waals surface area contributed by atoms with E-state index in [1.54, 1.807) is 11.3 Å². The summed E-state index contributed by atoms with van der Waals surface area (Å²) in [6, 6.07) is 8.08. The van der Waals surface area contributed by atoms with Crippen molar-refractivity contribution in [3.8, 4) is 11.3 Å². The maximum atomic E-state index is 5.58. The average molecular weight is 418 g/mol. The van der Waals surface area contributed by atoms with Crippen molar-refractivity contribution in [3.63, 3.8) is 0 Å². The van der Waals surface area contributed by atoms with Crippen LogP contribution in [0, 0.1) is 0 Å². The number of nitrogens with two attached hydrogens (primary N) is 2. The molecule has 0 bridgehead atoms. The Morgan fingerprint density at radius 2 is 1.44 bits per heavy atom. The molecule has 0 unspecified atom stereocenters. The number of aromatic nitrogens is 5. The Kier molecular flexibility index (Phi) is 5.09. The summed E-state index contributed by atoms with van der Waals surface area (Å²) in [5, 5.41) is 27.6. The number of nitrogens with zero attached hydrogens (tertiary/aromatic N) is 5. The van der Waals surface area contributed by atoms with E-state index in [1.165, 1.54) is 22.7 Å². The molecule has 0 radical (unpaired) electrons. The first-order chi connectivity index (χ1) is 13.2. The monoisotopic (exact) mass is 417 g/mol. The van der Waals surface area contributed by atoms with Crippen molar-refractivity contribution in [1.29, 1.82) is 0 Å². The highest BCUT2D eigenvalue weighted by atomic mass is 32.1. The van der Waals surface area contributed by atoms with Crippen LogP contribution in [0.3, 0.4) is 0 Å². The maximum Gasteiger partial charge on any atom is 0.203 e. The molecule has 138 valence electrons. The molecule has 4 rings (SSSR count). The number of nitrogens with one attached hydrogen (secondary N) is 2. The number of nitrogen functional groups attached to an aromatic ring is 2. The van der Waals surface area contributed by atoms with Gasteiger partial charge in [-0.25, -0.2) is 4.98 Å². The standard InChI is InChI=1S/C15H15N9S3/c16-13-23-21-11(26-13)5-18-9-3-1-8(2-4-9)10-7-25-15(20-10)19-6-12-22-24-14(17)27-12/h1-4,7,18H,5-6H2,(H2,16,23)(H2,17,24)(H,19,20). The van der Waals surface area contributed by atoms with E-state index in [-0.39, 0.29) is 0 Å². The molecular weight excluding hydrogens is 402 g/mol. The molecule has 0 fully saturated rings. The molecule has 0 saturated heterocycles. The van der Waals surface area contributed by atoms with Gasteiger partial charge in [0.1, 0.15) is 10.0 Å². The Hall–Kier alpha value is -2.83. The van der Waals surface area contributed by atoms with Crippen LogP contribution in [0.15, 0.2) is 29.6 Å². The minimum atomic E-state index is 0.468. The largest absolute Gasteiger partial charge is 0.378 e. The zero-order valence-corrected chi connectivity index (χ0v) is 16.4. The van der Waals surface area contributed by atoms with Gasteiger partial charge in [-0.2, -0.15) is 0 Å². The predicted octanol–water partition coefficient (Wildman–Crippen LogP) is 2.90. The molecule has 3 heterocycles. The Morgan fingerprint density at radius 1 is 0.815 bits per heavy atom. The molecular formula is C15H15N9S3. The topological polar surface area (TPSA) is 141 Å². The van der Waals surface area contributed by atoms with Crippen LogP contribution in [0.2, 0.25) is 0 Å². The quantitative estimate of drug-likeness (QED) is 0.357. The number of hydrogen-bond acceptors (Lipinski definition) is 12. The molecule has 0 aliphatic carbocycles. The second-order valence-corrected chi connectivity index (χ2v) is 8.44. The molecule has 1 aromatic carbocycles. The molecule has 0 aliphatic rings. The summed E-state index contributed by atoms with van der Waals surface area (Å²) in [5.74, 6) is 0. The van der Waals surface area contributed by atoms with Gasteiger partial charge in [0.2, 0.25) is 10.3 Å². The SMILES string of the molecule is Nc1nnc(CNc2ccc(-c3csc(NCc4nnc(N)s4)n3)cc2)s1. The highest BCUT2D eigenvalue weighted by molar-refractivity contribution is 7.15. The molecule has 0 atom stereocenters. The van der Waals surface area contributed by atoms with Crippen LogP contribution >= 0.6 is 34.0 Å². The number of anilines is 4. The van der Waals surface area contributed by atoms with Gasteiger partial charge in [0.25, 0.3) is 0 Å². The van der Waals surface area contributed by atoms with Crippen LogP contribution < -0.4 is 22.1 Å². The Labute approximate surface area is 166 Å². The van der Waals surface area contributed by atoms with Crippen molar-refractivity contribution < 1.29 is 0 Å². The van der Waals surface area contributed by atoms with Crippen LogP contribution in [-0.2, 0) is 13.1 Å². The van der Waals surface area contributed by atoms with E-state index >= 15 is 0 Å². The fourth-order valence-corrected chi connectivity index (χ4v) is 4.07. The number of hydrogen-bond donors (Lipinski definition) is 4. The summed E-state index contributed by atoms with van der Waals surface area (Å²) in [5.41, 5.74) is 14.1. The molecule has 0 spiro atoms. The molecule has 12 heteroatoms. The lowest BCUT2D eigenvalue weighted by atomic mass is 10.1. The van der Waals surface area contributed by atoms with Crippen molar-refractivity contribution in [2.45, 2.75) is 13.1 Å².